The van der Waals surface area contributed by atoms with Gasteiger partial charge in [-0.1, -0.05) is 23.2 Å². The first kappa shape index (κ1) is 13.6. The Hall–Kier alpha value is -0.850. The fraction of sp³-hybridized carbons (Fsp3) is 0.400. The Bertz CT molecular complexity index is 589. The molecule has 5 nitrogen and oxygen atoms in total. The first-order valence-electron chi connectivity index (χ1n) is 5.24. The van der Waals surface area contributed by atoms with Crippen molar-refractivity contribution in [2.45, 2.75) is 19.4 Å². The van der Waals surface area contributed by atoms with E-state index in [0.29, 0.717) is 6.42 Å². The zero-order chi connectivity index (χ0) is 13.3. The number of aromatic nitrogens is 1. The van der Waals surface area contributed by atoms with Gasteiger partial charge in [0.1, 0.15) is 5.15 Å². The molecule has 0 N–H and O–H groups in total. The van der Waals surface area contributed by atoms with Crippen LogP contribution in [-0.4, -0.2) is 29.4 Å². The molecule has 2 heterocycles. The predicted molar refractivity (Wildman–Crippen MR) is 67.8 cm³/mol. The highest BCUT2D eigenvalue weighted by Gasteiger charge is 2.32. The summed E-state index contributed by atoms with van der Waals surface area (Å²) in [6.07, 6.45) is 0.575. The van der Waals surface area contributed by atoms with Crippen LogP contribution in [0.2, 0.25) is 10.2 Å². The lowest BCUT2D eigenvalue weighted by molar-refractivity contribution is -0.127. The fourth-order valence-corrected chi connectivity index (χ4v) is 3.47. The molecule has 1 amide bonds. The molecule has 0 unspecified atom stereocenters. The Balaban J connectivity index is 2.32. The van der Waals surface area contributed by atoms with E-state index in [-0.39, 0.29) is 34.6 Å². The largest absolute Gasteiger partial charge is 0.274 e. The van der Waals surface area contributed by atoms with E-state index in [2.05, 4.69) is 4.98 Å². The summed E-state index contributed by atoms with van der Waals surface area (Å²) in [5, 5.41) is 0.490. The van der Waals surface area contributed by atoms with Crippen LogP contribution < -0.4 is 0 Å². The normalized spacial score (nSPS) is 19.0. The minimum atomic E-state index is -3.56. The summed E-state index contributed by atoms with van der Waals surface area (Å²) in [5.41, 5.74) is 0.281. The van der Waals surface area contributed by atoms with E-state index in [1.807, 2.05) is 0 Å². The van der Waals surface area contributed by atoms with Crippen LogP contribution in [0.25, 0.3) is 0 Å². The Kier molecular flexibility index (Phi) is 3.79. The second-order valence-electron chi connectivity index (χ2n) is 3.88. The molecule has 1 saturated heterocycles. The van der Waals surface area contributed by atoms with Crippen molar-refractivity contribution in [2.75, 3.05) is 5.75 Å². The van der Waals surface area contributed by atoms with Crippen LogP contribution in [0.3, 0.4) is 0 Å². The van der Waals surface area contributed by atoms with Crippen LogP contribution in [0.5, 0.6) is 0 Å². The number of carbonyl (C=O) groups is 1. The molecule has 18 heavy (non-hydrogen) atoms. The van der Waals surface area contributed by atoms with Gasteiger partial charge in [-0.3, -0.25) is 4.79 Å². The van der Waals surface area contributed by atoms with E-state index >= 15 is 0 Å². The Labute approximate surface area is 115 Å². The van der Waals surface area contributed by atoms with Crippen LogP contribution in [-0.2, 0) is 21.4 Å². The number of carbonyl (C=O) groups excluding carboxylic acids is 1. The average molecular weight is 309 g/mol. The summed E-state index contributed by atoms with van der Waals surface area (Å²) in [7, 11) is -3.56. The molecule has 0 aromatic carbocycles. The molecular weight excluding hydrogens is 299 g/mol. The minimum absolute atomic E-state index is 0.0308. The van der Waals surface area contributed by atoms with Crippen molar-refractivity contribution in [1.82, 2.24) is 9.29 Å². The summed E-state index contributed by atoms with van der Waals surface area (Å²) >= 11 is 11.6. The highest BCUT2D eigenvalue weighted by molar-refractivity contribution is 7.89. The van der Waals surface area contributed by atoms with Crippen molar-refractivity contribution < 1.29 is 13.2 Å². The Morgan fingerprint density at radius 1 is 1.33 bits per heavy atom. The van der Waals surface area contributed by atoms with Crippen LogP contribution in [0.15, 0.2) is 12.1 Å². The molecular formula is C10H10Cl2N2O3S. The van der Waals surface area contributed by atoms with E-state index in [0.717, 1.165) is 4.31 Å². The van der Waals surface area contributed by atoms with E-state index in [1.54, 1.807) is 0 Å². The van der Waals surface area contributed by atoms with Gasteiger partial charge < -0.3 is 0 Å². The maximum Gasteiger partial charge on any atom is 0.237 e. The van der Waals surface area contributed by atoms with Crippen LogP contribution in [0.1, 0.15) is 18.5 Å². The van der Waals surface area contributed by atoms with E-state index in [1.165, 1.54) is 12.1 Å². The minimum Gasteiger partial charge on any atom is -0.274 e. The molecule has 1 aliphatic rings. The Morgan fingerprint density at radius 3 is 2.72 bits per heavy atom. The summed E-state index contributed by atoms with van der Waals surface area (Å²) in [4.78, 5) is 15.6. The van der Waals surface area contributed by atoms with Crippen molar-refractivity contribution in [2.24, 2.45) is 0 Å². The number of hydrogen-bond acceptors (Lipinski definition) is 4. The van der Waals surface area contributed by atoms with Crippen LogP contribution >= 0.6 is 23.2 Å². The van der Waals surface area contributed by atoms with Crippen molar-refractivity contribution in [3.63, 3.8) is 0 Å². The number of pyridine rings is 1. The third kappa shape index (κ3) is 2.76. The monoisotopic (exact) mass is 308 g/mol. The van der Waals surface area contributed by atoms with Crippen LogP contribution in [0, 0.1) is 0 Å². The average Bonchev–Trinajstić information content (AvgIpc) is 2.28. The highest BCUT2D eigenvalue weighted by Crippen LogP contribution is 2.23. The van der Waals surface area contributed by atoms with Gasteiger partial charge in [0.05, 0.1) is 23.0 Å². The molecule has 2 rings (SSSR count). The molecule has 98 valence electrons. The second-order valence-corrected chi connectivity index (χ2v) is 6.69. The van der Waals surface area contributed by atoms with Crippen molar-refractivity contribution >= 4 is 39.1 Å². The van der Waals surface area contributed by atoms with E-state index in [4.69, 9.17) is 23.2 Å². The number of hydrogen-bond donors (Lipinski definition) is 0. The molecule has 0 spiro atoms. The van der Waals surface area contributed by atoms with Gasteiger partial charge in [-0.15, -0.1) is 0 Å². The summed E-state index contributed by atoms with van der Waals surface area (Å²) < 4.78 is 24.4. The smallest absolute Gasteiger partial charge is 0.237 e. The maximum atomic E-state index is 11.8. The van der Waals surface area contributed by atoms with E-state index < -0.39 is 15.9 Å². The molecule has 1 aromatic heterocycles. The molecule has 0 saturated carbocycles. The lowest BCUT2D eigenvalue weighted by Gasteiger charge is -2.26. The summed E-state index contributed by atoms with van der Waals surface area (Å²) in [5.74, 6) is -0.462. The zero-order valence-electron chi connectivity index (χ0n) is 9.27. The standard InChI is InChI=1S/C10H10Cl2N2O3S/c11-7-3-4-9(12)13-8(7)6-14-10(15)2-1-5-18(14,16)17/h3-4H,1-2,5-6H2. The maximum absolute atomic E-state index is 11.8. The van der Waals surface area contributed by atoms with Crippen molar-refractivity contribution in [3.8, 4) is 0 Å². The fourth-order valence-electron chi connectivity index (χ4n) is 1.69. The second kappa shape index (κ2) is 5.03. The van der Waals surface area contributed by atoms with Gasteiger partial charge >= 0.3 is 0 Å². The number of amides is 1. The van der Waals surface area contributed by atoms with Gasteiger partial charge in [0.25, 0.3) is 0 Å². The zero-order valence-corrected chi connectivity index (χ0v) is 11.6. The molecule has 0 bridgehead atoms. The molecule has 0 atom stereocenters. The van der Waals surface area contributed by atoms with Crippen molar-refractivity contribution in [1.29, 1.82) is 0 Å². The molecule has 0 radical (unpaired) electrons. The topological polar surface area (TPSA) is 67.3 Å². The van der Waals surface area contributed by atoms with Gasteiger partial charge in [0, 0.05) is 6.42 Å². The molecule has 1 aromatic rings. The SMILES string of the molecule is O=C1CCCS(=O)(=O)N1Cc1nc(Cl)ccc1Cl. The number of nitrogens with zero attached hydrogens (tertiary/aromatic N) is 2. The third-order valence-corrected chi connectivity index (χ3v) is 4.95. The highest BCUT2D eigenvalue weighted by atomic mass is 35.5. The molecule has 8 heteroatoms. The van der Waals surface area contributed by atoms with Crippen molar-refractivity contribution in [3.05, 3.63) is 28.0 Å². The van der Waals surface area contributed by atoms with Gasteiger partial charge in [-0.05, 0) is 18.6 Å². The first-order valence-corrected chi connectivity index (χ1v) is 7.61. The van der Waals surface area contributed by atoms with Crippen LogP contribution in [0.4, 0.5) is 0 Å². The first-order chi connectivity index (χ1) is 8.40. The summed E-state index contributed by atoms with van der Waals surface area (Å²) in [6.45, 7) is -0.166. The third-order valence-electron chi connectivity index (χ3n) is 2.58. The quantitative estimate of drug-likeness (QED) is 0.782. The van der Waals surface area contributed by atoms with Gasteiger partial charge in [0.2, 0.25) is 15.9 Å². The van der Waals surface area contributed by atoms with Gasteiger partial charge in [-0.25, -0.2) is 17.7 Å². The predicted octanol–water partition coefficient (Wildman–Crippen LogP) is 1.84. The molecule has 1 fully saturated rings. The lowest BCUT2D eigenvalue weighted by Crippen LogP contribution is -2.41. The number of rotatable bonds is 2. The summed E-state index contributed by atoms with van der Waals surface area (Å²) in [6, 6.07) is 3.02. The van der Waals surface area contributed by atoms with Gasteiger partial charge in [0.15, 0.2) is 0 Å². The molecule has 1 aliphatic heterocycles. The molecule has 0 aliphatic carbocycles. The van der Waals surface area contributed by atoms with Gasteiger partial charge in [-0.2, -0.15) is 0 Å². The van der Waals surface area contributed by atoms with E-state index in [9.17, 15) is 13.2 Å². The lowest BCUT2D eigenvalue weighted by atomic mass is 10.3. The number of halogens is 2. The number of sulfonamides is 1. The Morgan fingerprint density at radius 2 is 2.06 bits per heavy atom.